The van der Waals surface area contributed by atoms with Gasteiger partial charge in [-0.3, -0.25) is 0 Å². The highest BCUT2D eigenvalue weighted by molar-refractivity contribution is 6.30. The molecule has 1 heterocycles. The van der Waals surface area contributed by atoms with Crippen molar-refractivity contribution in [1.29, 1.82) is 0 Å². The number of hydrogen-bond donors (Lipinski definition) is 1. The van der Waals surface area contributed by atoms with E-state index in [1.54, 1.807) is 0 Å². The number of nitrogens with one attached hydrogen (secondary N) is 1. The summed E-state index contributed by atoms with van der Waals surface area (Å²) in [7, 11) is 0. The van der Waals surface area contributed by atoms with Crippen LogP contribution < -0.4 is 0 Å². The second-order valence-electron chi connectivity index (χ2n) is 5.47. The van der Waals surface area contributed by atoms with E-state index in [9.17, 15) is 4.79 Å². The fraction of sp³-hybridized carbons (Fsp3) is 0.150. The van der Waals surface area contributed by atoms with Crippen molar-refractivity contribution in [2.24, 2.45) is 0 Å². The summed E-state index contributed by atoms with van der Waals surface area (Å²) in [5.74, 6) is -0.328. The molecule has 3 aromatic rings. The van der Waals surface area contributed by atoms with Crippen LogP contribution in [-0.4, -0.2) is 17.6 Å². The summed E-state index contributed by atoms with van der Waals surface area (Å²) in [6.07, 6.45) is 0. The van der Waals surface area contributed by atoms with Gasteiger partial charge in [0.25, 0.3) is 0 Å². The minimum Gasteiger partial charge on any atom is -0.462 e. The molecule has 2 aromatic carbocycles. The first kappa shape index (κ1) is 16.3. The van der Waals surface area contributed by atoms with Gasteiger partial charge in [0.15, 0.2) is 0 Å². The number of ether oxygens (including phenoxy) is 1. The molecule has 0 saturated heterocycles. The monoisotopic (exact) mass is 339 g/mol. The molecule has 3 rings (SSSR count). The zero-order valence-corrected chi connectivity index (χ0v) is 14.4. The van der Waals surface area contributed by atoms with Crippen LogP contribution in [0.1, 0.15) is 23.0 Å². The molecule has 3 nitrogen and oxygen atoms in total. The Bertz CT molecular complexity index is 851. The van der Waals surface area contributed by atoms with Gasteiger partial charge in [0.05, 0.1) is 17.9 Å². The van der Waals surface area contributed by atoms with Crippen LogP contribution in [0, 0.1) is 6.92 Å². The molecule has 0 radical (unpaired) electrons. The van der Waals surface area contributed by atoms with E-state index in [2.05, 4.69) is 4.98 Å². The molecule has 0 bridgehead atoms. The number of carbonyl (C=O) groups excluding carboxylic acids is 1. The predicted molar refractivity (Wildman–Crippen MR) is 97.4 cm³/mol. The van der Waals surface area contributed by atoms with Crippen LogP contribution in [0.4, 0.5) is 0 Å². The van der Waals surface area contributed by atoms with E-state index < -0.39 is 0 Å². The fourth-order valence-electron chi connectivity index (χ4n) is 2.83. The maximum atomic E-state index is 12.6. The van der Waals surface area contributed by atoms with Crippen molar-refractivity contribution < 1.29 is 9.53 Å². The number of rotatable bonds is 4. The predicted octanol–water partition coefficient (Wildman–Crippen LogP) is 5.49. The summed E-state index contributed by atoms with van der Waals surface area (Å²) in [5, 5.41) is 0.660. The van der Waals surface area contributed by atoms with Crippen LogP contribution in [0.5, 0.6) is 0 Å². The number of aryl methyl sites for hydroxylation is 1. The lowest BCUT2D eigenvalue weighted by Gasteiger charge is -2.08. The first-order valence-corrected chi connectivity index (χ1v) is 8.20. The zero-order chi connectivity index (χ0) is 17.1. The standard InChI is InChI=1S/C20H18ClNO2/c1-3-24-20(23)18-17(14-9-11-16(21)12-10-14)13(2)22-19(18)15-7-5-4-6-8-15/h4-12,22H,3H2,1-2H3. The summed E-state index contributed by atoms with van der Waals surface area (Å²) in [6, 6.07) is 17.3. The van der Waals surface area contributed by atoms with Crippen molar-refractivity contribution in [2.75, 3.05) is 6.61 Å². The lowest BCUT2D eigenvalue weighted by Crippen LogP contribution is -2.06. The Labute approximate surface area is 146 Å². The molecule has 0 fully saturated rings. The van der Waals surface area contributed by atoms with E-state index in [1.807, 2.05) is 68.4 Å². The summed E-state index contributed by atoms with van der Waals surface area (Å²) in [5.41, 5.74) is 4.98. The Balaban J connectivity index is 2.23. The number of halogens is 1. The highest BCUT2D eigenvalue weighted by atomic mass is 35.5. The molecule has 0 amide bonds. The third kappa shape index (κ3) is 3.08. The third-order valence-electron chi connectivity index (χ3n) is 3.86. The molecule has 24 heavy (non-hydrogen) atoms. The van der Waals surface area contributed by atoms with Crippen LogP contribution in [0.2, 0.25) is 5.02 Å². The van der Waals surface area contributed by atoms with Crippen LogP contribution in [0.25, 0.3) is 22.4 Å². The molecule has 0 aliphatic rings. The number of esters is 1. The van der Waals surface area contributed by atoms with Gasteiger partial charge >= 0.3 is 5.97 Å². The summed E-state index contributed by atoms with van der Waals surface area (Å²) >= 11 is 5.99. The van der Waals surface area contributed by atoms with Crippen LogP contribution >= 0.6 is 11.6 Å². The Hall–Kier alpha value is -2.52. The highest BCUT2D eigenvalue weighted by Crippen LogP contribution is 2.36. The van der Waals surface area contributed by atoms with Gasteiger partial charge in [-0.25, -0.2) is 4.79 Å². The van der Waals surface area contributed by atoms with Crippen molar-refractivity contribution in [3.63, 3.8) is 0 Å². The van der Waals surface area contributed by atoms with Gasteiger partial charge in [0, 0.05) is 16.3 Å². The molecule has 0 aliphatic heterocycles. The SMILES string of the molecule is CCOC(=O)c1c(-c2ccccc2)[nH]c(C)c1-c1ccc(Cl)cc1. The summed E-state index contributed by atoms with van der Waals surface area (Å²) in [6.45, 7) is 4.10. The molecule has 4 heteroatoms. The molecule has 1 aromatic heterocycles. The van der Waals surface area contributed by atoms with Gasteiger partial charge in [-0.2, -0.15) is 0 Å². The number of aromatic nitrogens is 1. The minimum atomic E-state index is -0.328. The van der Waals surface area contributed by atoms with E-state index in [-0.39, 0.29) is 5.97 Å². The van der Waals surface area contributed by atoms with Gasteiger partial charge < -0.3 is 9.72 Å². The topological polar surface area (TPSA) is 42.1 Å². The van der Waals surface area contributed by atoms with Gasteiger partial charge in [0.2, 0.25) is 0 Å². The van der Waals surface area contributed by atoms with Gasteiger partial charge in [-0.05, 0) is 37.1 Å². The Kier molecular flexibility index (Phi) is 4.72. The second kappa shape index (κ2) is 6.93. The zero-order valence-electron chi connectivity index (χ0n) is 13.6. The van der Waals surface area contributed by atoms with Gasteiger partial charge in [0.1, 0.15) is 0 Å². The second-order valence-corrected chi connectivity index (χ2v) is 5.90. The first-order chi connectivity index (χ1) is 11.6. The molecule has 122 valence electrons. The number of aromatic amines is 1. The molecular formula is C20H18ClNO2. The van der Waals surface area contributed by atoms with E-state index >= 15 is 0 Å². The molecule has 0 aliphatic carbocycles. The number of H-pyrrole nitrogens is 1. The van der Waals surface area contributed by atoms with Crippen molar-refractivity contribution >= 4 is 17.6 Å². The molecular weight excluding hydrogens is 322 g/mol. The summed E-state index contributed by atoms with van der Waals surface area (Å²) < 4.78 is 5.30. The van der Waals surface area contributed by atoms with E-state index in [0.29, 0.717) is 17.2 Å². The molecule has 0 atom stereocenters. The quantitative estimate of drug-likeness (QED) is 0.639. The van der Waals surface area contributed by atoms with E-state index in [4.69, 9.17) is 16.3 Å². The van der Waals surface area contributed by atoms with Crippen molar-refractivity contribution in [3.05, 3.63) is 70.9 Å². The van der Waals surface area contributed by atoms with Crippen LogP contribution in [0.3, 0.4) is 0 Å². The molecule has 0 saturated carbocycles. The number of benzene rings is 2. The maximum absolute atomic E-state index is 12.6. The largest absolute Gasteiger partial charge is 0.462 e. The lowest BCUT2D eigenvalue weighted by atomic mass is 9.98. The van der Waals surface area contributed by atoms with Gasteiger partial charge in [-0.15, -0.1) is 0 Å². The van der Waals surface area contributed by atoms with Crippen LogP contribution in [0.15, 0.2) is 54.6 Å². The fourth-order valence-corrected chi connectivity index (χ4v) is 2.96. The highest BCUT2D eigenvalue weighted by Gasteiger charge is 2.24. The number of carbonyl (C=O) groups is 1. The molecule has 0 spiro atoms. The smallest absolute Gasteiger partial charge is 0.340 e. The Morgan fingerprint density at radius 3 is 2.33 bits per heavy atom. The third-order valence-corrected chi connectivity index (χ3v) is 4.11. The van der Waals surface area contributed by atoms with E-state index in [1.165, 1.54) is 0 Å². The number of hydrogen-bond acceptors (Lipinski definition) is 2. The van der Waals surface area contributed by atoms with Crippen LogP contribution in [-0.2, 0) is 4.74 Å². The minimum absolute atomic E-state index is 0.328. The lowest BCUT2D eigenvalue weighted by molar-refractivity contribution is 0.0528. The Morgan fingerprint density at radius 1 is 1.04 bits per heavy atom. The average molecular weight is 340 g/mol. The molecule has 1 N–H and O–H groups in total. The average Bonchev–Trinajstić information content (AvgIpc) is 2.94. The van der Waals surface area contributed by atoms with Crippen molar-refractivity contribution in [2.45, 2.75) is 13.8 Å². The first-order valence-electron chi connectivity index (χ1n) is 7.83. The molecule has 0 unspecified atom stereocenters. The van der Waals surface area contributed by atoms with Gasteiger partial charge in [-0.1, -0.05) is 54.1 Å². The van der Waals surface area contributed by atoms with Crippen molar-refractivity contribution in [3.8, 4) is 22.4 Å². The normalized spacial score (nSPS) is 10.6. The van der Waals surface area contributed by atoms with Crippen molar-refractivity contribution in [1.82, 2.24) is 4.98 Å². The maximum Gasteiger partial charge on any atom is 0.340 e. The Morgan fingerprint density at radius 2 is 1.71 bits per heavy atom. The van der Waals surface area contributed by atoms with E-state index in [0.717, 1.165) is 28.1 Å². The summed E-state index contributed by atoms with van der Waals surface area (Å²) in [4.78, 5) is 16.0.